The molecule has 0 saturated heterocycles. The third-order valence-electron chi connectivity index (χ3n) is 6.18. The minimum atomic E-state index is -0.744. The summed E-state index contributed by atoms with van der Waals surface area (Å²) < 4.78 is 27.6. The second-order valence-corrected chi connectivity index (χ2v) is 9.03. The number of nitrogens with one attached hydrogen (secondary N) is 2. The number of aryl methyl sites for hydroxylation is 1. The van der Waals surface area contributed by atoms with E-state index < -0.39 is 11.6 Å². The van der Waals surface area contributed by atoms with Crippen LogP contribution in [0.5, 0.6) is 0 Å². The highest BCUT2D eigenvalue weighted by Gasteiger charge is 2.31. The second kappa shape index (κ2) is 17.4. The summed E-state index contributed by atoms with van der Waals surface area (Å²) >= 11 is 0. The van der Waals surface area contributed by atoms with Crippen LogP contribution in [0.3, 0.4) is 0 Å². The lowest BCUT2D eigenvalue weighted by Gasteiger charge is -2.36. The Labute approximate surface area is 206 Å². The van der Waals surface area contributed by atoms with Crippen LogP contribution in [0, 0.1) is 17.6 Å². The van der Waals surface area contributed by atoms with Crippen molar-refractivity contribution in [1.82, 2.24) is 15.3 Å². The van der Waals surface area contributed by atoms with Gasteiger partial charge in [-0.1, -0.05) is 59.5 Å². The Kier molecular flexibility index (Phi) is 15.4. The highest BCUT2D eigenvalue weighted by molar-refractivity contribution is 5.36. The zero-order chi connectivity index (χ0) is 25.3. The number of fused-ring (bicyclic) bond motifs is 1. The number of nitrogens with zero attached hydrogens (tertiary/aromatic N) is 1. The SMILES string of the molecule is C=CC.CC.CCC.Fc1cc2c(cc1F)C(Cc1cnc[nH]1)C(NCC1CCCCC1)CC2. The van der Waals surface area contributed by atoms with Crippen LogP contribution in [0.1, 0.15) is 102 Å². The fraction of sp³-hybridized carbons (Fsp3) is 0.621. The Morgan fingerprint density at radius 3 is 2.29 bits per heavy atom. The maximum absolute atomic E-state index is 13.9. The maximum Gasteiger partial charge on any atom is 0.159 e. The fourth-order valence-electron chi connectivity index (χ4n) is 4.73. The van der Waals surface area contributed by atoms with Crippen LogP contribution in [-0.2, 0) is 12.8 Å². The van der Waals surface area contributed by atoms with Crippen molar-refractivity contribution < 1.29 is 8.78 Å². The first-order valence-electron chi connectivity index (χ1n) is 13.3. The summed E-state index contributed by atoms with van der Waals surface area (Å²) in [5.74, 6) is -0.593. The van der Waals surface area contributed by atoms with Gasteiger partial charge in [0.05, 0.1) is 6.33 Å². The molecule has 1 saturated carbocycles. The molecule has 2 aliphatic rings. The number of H-pyrrole nitrogens is 1. The van der Waals surface area contributed by atoms with E-state index in [2.05, 4.69) is 35.7 Å². The quantitative estimate of drug-likeness (QED) is 0.429. The largest absolute Gasteiger partial charge is 0.348 e. The Morgan fingerprint density at radius 2 is 1.71 bits per heavy atom. The van der Waals surface area contributed by atoms with Crippen molar-refractivity contribution in [3.8, 4) is 0 Å². The van der Waals surface area contributed by atoms with Crippen molar-refractivity contribution in [2.75, 3.05) is 6.54 Å². The van der Waals surface area contributed by atoms with Crippen LogP contribution < -0.4 is 5.32 Å². The van der Waals surface area contributed by atoms with Crippen LogP contribution in [-0.4, -0.2) is 22.6 Å². The fourth-order valence-corrected chi connectivity index (χ4v) is 4.73. The van der Waals surface area contributed by atoms with E-state index in [-0.39, 0.29) is 12.0 Å². The number of aromatic amines is 1. The van der Waals surface area contributed by atoms with Gasteiger partial charge in [0.2, 0.25) is 0 Å². The molecule has 192 valence electrons. The molecule has 5 heteroatoms. The monoisotopic (exact) mass is 475 g/mol. The van der Waals surface area contributed by atoms with Gasteiger partial charge in [-0.3, -0.25) is 0 Å². The van der Waals surface area contributed by atoms with Crippen molar-refractivity contribution in [1.29, 1.82) is 0 Å². The number of halogens is 2. The molecule has 3 nitrogen and oxygen atoms in total. The Balaban J connectivity index is 0.000000643. The van der Waals surface area contributed by atoms with Gasteiger partial charge in [-0.2, -0.15) is 0 Å². The summed E-state index contributed by atoms with van der Waals surface area (Å²) in [6, 6.07) is 3.10. The smallest absolute Gasteiger partial charge is 0.159 e. The summed E-state index contributed by atoms with van der Waals surface area (Å²) in [4.78, 5) is 7.27. The van der Waals surface area contributed by atoms with E-state index >= 15 is 0 Å². The van der Waals surface area contributed by atoms with Gasteiger partial charge in [-0.25, -0.2) is 13.8 Å². The number of aromatic nitrogens is 2. The highest BCUT2D eigenvalue weighted by Crippen LogP contribution is 2.36. The van der Waals surface area contributed by atoms with Crippen molar-refractivity contribution in [3.05, 3.63) is 65.8 Å². The maximum atomic E-state index is 13.9. The predicted molar refractivity (Wildman–Crippen MR) is 141 cm³/mol. The molecule has 4 rings (SSSR count). The van der Waals surface area contributed by atoms with Crippen LogP contribution in [0.2, 0.25) is 0 Å². The molecule has 0 bridgehead atoms. The molecule has 34 heavy (non-hydrogen) atoms. The Morgan fingerprint density at radius 1 is 1.09 bits per heavy atom. The molecule has 0 radical (unpaired) electrons. The number of benzene rings is 1. The van der Waals surface area contributed by atoms with Crippen LogP contribution in [0.25, 0.3) is 0 Å². The number of hydrogen-bond donors (Lipinski definition) is 2. The molecular formula is C29H47F2N3. The van der Waals surface area contributed by atoms with Crippen molar-refractivity contribution in [2.24, 2.45) is 5.92 Å². The Hall–Kier alpha value is -2.01. The zero-order valence-corrected chi connectivity index (χ0v) is 22.1. The molecule has 1 heterocycles. The number of imidazole rings is 1. The first kappa shape index (κ1) is 30.0. The molecule has 1 fully saturated rings. The third-order valence-corrected chi connectivity index (χ3v) is 6.18. The molecule has 2 aliphatic carbocycles. The van der Waals surface area contributed by atoms with Gasteiger partial charge in [-0.05, 0) is 74.8 Å². The summed E-state index contributed by atoms with van der Waals surface area (Å²) in [5.41, 5.74) is 2.94. The third kappa shape index (κ3) is 9.69. The van der Waals surface area contributed by atoms with Gasteiger partial charge in [0, 0.05) is 23.9 Å². The molecule has 0 spiro atoms. The van der Waals surface area contributed by atoms with Crippen LogP contribution >= 0.6 is 0 Å². The molecule has 2 N–H and O–H groups in total. The number of rotatable bonds is 5. The predicted octanol–water partition coefficient (Wildman–Crippen LogP) is 8.13. The molecule has 2 aromatic rings. The lowest BCUT2D eigenvalue weighted by Crippen LogP contribution is -2.42. The molecule has 1 aromatic carbocycles. The van der Waals surface area contributed by atoms with Gasteiger partial charge in [0.25, 0.3) is 0 Å². The van der Waals surface area contributed by atoms with E-state index in [0.29, 0.717) is 0 Å². The van der Waals surface area contributed by atoms with E-state index in [1.807, 2.05) is 27.0 Å². The first-order chi connectivity index (χ1) is 16.5. The van der Waals surface area contributed by atoms with E-state index in [1.54, 1.807) is 12.4 Å². The molecule has 0 amide bonds. The highest BCUT2D eigenvalue weighted by atomic mass is 19.2. The summed E-state index contributed by atoms with van der Waals surface area (Å²) in [6.07, 6.45) is 15.7. The average molecular weight is 476 g/mol. The lowest BCUT2D eigenvalue weighted by molar-refractivity contribution is 0.300. The van der Waals surface area contributed by atoms with E-state index in [4.69, 9.17) is 0 Å². The number of hydrogen-bond acceptors (Lipinski definition) is 2. The average Bonchev–Trinajstić information content (AvgIpc) is 3.36. The molecule has 1 aromatic heterocycles. The van der Waals surface area contributed by atoms with Crippen LogP contribution in [0.4, 0.5) is 8.78 Å². The van der Waals surface area contributed by atoms with Crippen molar-refractivity contribution in [2.45, 2.75) is 104 Å². The van der Waals surface area contributed by atoms with E-state index in [1.165, 1.54) is 50.7 Å². The summed E-state index contributed by atoms with van der Waals surface area (Å²) in [5, 5.41) is 3.78. The van der Waals surface area contributed by atoms with Gasteiger partial charge in [-0.15, -0.1) is 6.58 Å². The van der Waals surface area contributed by atoms with Crippen LogP contribution in [0.15, 0.2) is 37.3 Å². The van der Waals surface area contributed by atoms with Crippen molar-refractivity contribution in [3.63, 3.8) is 0 Å². The van der Waals surface area contributed by atoms with E-state index in [0.717, 1.165) is 48.5 Å². The zero-order valence-electron chi connectivity index (χ0n) is 22.1. The molecule has 0 aliphatic heterocycles. The molecule has 2 unspecified atom stereocenters. The minimum absolute atomic E-state index is 0.137. The number of allylic oxidation sites excluding steroid dienone is 1. The van der Waals surface area contributed by atoms with Gasteiger partial charge < -0.3 is 10.3 Å². The second-order valence-electron chi connectivity index (χ2n) is 9.03. The summed E-state index contributed by atoms with van der Waals surface area (Å²) in [6.45, 7) is 14.5. The van der Waals surface area contributed by atoms with E-state index in [9.17, 15) is 8.78 Å². The minimum Gasteiger partial charge on any atom is -0.348 e. The molecular weight excluding hydrogens is 428 g/mol. The van der Waals surface area contributed by atoms with Gasteiger partial charge in [0.15, 0.2) is 11.6 Å². The standard InChI is InChI=1S/C21H27F2N3.C3H8.C3H6.C2H6/c22-19-8-15-6-7-21(25-11-14-4-2-1-3-5-14)18(17(15)10-20(19)23)9-16-12-24-13-26-16;2*1-3-2;1-2/h8,10,12-14,18,21,25H,1-7,9,11H2,(H,24,26);3H2,1-2H3;3H,1H2,2H3;1-2H3. The van der Waals surface area contributed by atoms with Crippen molar-refractivity contribution >= 4 is 0 Å². The summed E-state index contributed by atoms with van der Waals surface area (Å²) in [7, 11) is 0. The normalized spacial score (nSPS) is 19.3. The molecule has 2 atom stereocenters. The van der Waals surface area contributed by atoms with Gasteiger partial charge >= 0.3 is 0 Å². The first-order valence-corrected chi connectivity index (χ1v) is 13.3. The Bertz CT molecular complexity index is 783. The van der Waals surface area contributed by atoms with Gasteiger partial charge in [0.1, 0.15) is 0 Å². The lowest BCUT2D eigenvalue weighted by atomic mass is 9.76. The topological polar surface area (TPSA) is 40.7 Å².